The van der Waals surface area contributed by atoms with Crippen LogP contribution in [-0.4, -0.2) is 29.5 Å². The summed E-state index contributed by atoms with van der Waals surface area (Å²) in [4.78, 5) is 28.1. The van der Waals surface area contributed by atoms with E-state index in [9.17, 15) is 23.3 Å². The summed E-state index contributed by atoms with van der Waals surface area (Å²) in [6.45, 7) is 0. The van der Waals surface area contributed by atoms with Gasteiger partial charge in [0.1, 0.15) is 9.09 Å². The molecule has 2 heterocycles. The maximum absolute atomic E-state index is 12.8. The van der Waals surface area contributed by atoms with Crippen molar-refractivity contribution >= 4 is 73.4 Å². The molecule has 0 unspecified atom stereocenters. The number of carbonyl (C=O) groups excluding carboxylic acids is 1. The summed E-state index contributed by atoms with van der Waals surface area (Å²) in [5, 5.41) is 14.2. The summed E-state index contributed by atoms with van der Waals surface area (Å²) in [6, 6.07) is 7.13. The Morgan fingerprint density at radius 1 is 1.22 bits per heavy atom. The molecule has 2 aromatic heterocycles. The Bertz CT molecular complexity index is 1320. The summed E-state index contributed by atoms with van der Waals surface area (Å²) in [6.07, 6.45) is 3.99. The SMILES string of the molecule is O=C(Nc1cccc(S(=O)(=O)C2CC2)c1)c1cc([N+](=O)[O-])c(Sc2c(Cl)cncc2Cl)s1. The molecule has 0 bridgehead atoms. The van der Waals surface area contributed by atoms with Crippen molar-refractivity contribution in [2.75, 3.05) is 5.32 Å². The number of pyridine rings is 1. The van der Waals surface area contributed by atoms with E-state index < -0.39 is 20.7 Å². The zero-order chi connectivity index (χ0) is 23.0. The fraction of sp³-hybridized carbons (Fsp3) is 0.158. The second-order valence-electron chi connectivity index (χ2n) is 6.80. The Morgan fingerprint density at radius 3 is 2.53 bits per heavy atom. The molecule has 32 heavy (non-hydrogen) atoms. The monoisotopic (exact) mass is 529 g/mol. The number of anilines is 1. The first-order valence-electron chi connectivity index (χ1n) is 9.07. The molecule has 8 nitrogen and oxygen atoms in total. The summed E-state index contributed by atoms with van der Waals surface area (Å²) in [5.74, 6) is -0.599. The minimum absolute atomic E-state index is 0.0796. The van der Waals surface area contributed by atoms with Gasteiger partial charge in [0, 0.05) is 24.1 Å². The number of nitrogens with zero attached hydrogens (tertiary/aromatic N) is 2. The molecular formula is C19H13Cl2N3O5S3. The van der Waals surface area contributed by atoms with Crippen LogP contribution in [0.25, 0.3) is 0 Å². The lowest BCUT2D eigenvalue weighted by Gasteiger charge is -2.07. The Morgan fingerprint density at radius 2 is 1.91 bits per heavy atom. The summed E-state index contributed by atoms with van der Waals surface area (Å²) in [5.41, 5.74) is 0.0151. The predicted molar refractivity (Wildman–Crippen MR) is 124 cm³/mol. The summed E-state index contributed by atoms with van der Waals surface area (Å²) >= 11 is 14.1. The first-order valence-corrected chi connectivity index (χ1v) is 13.0. The Labute approximate surface area is 201 Å². The van der Waals surface area contributed by atoms with Crippen LogP contribution in [0, 0.1) is 10.1 Å². The molecule has 0 atom stereocenters. The molecule has 1 aliphatic carbocycles. The molecule has 13 heteroatoms. The molecule has 3 aromatic rings. The quantitative estimate of drug-likeness (QED) is 0.308. The van der Waals surface area contributed by atoms with Crippen LogP contribution >= 0.6 is 46.3 Å². The number of carbonyl (C=O) groups is 1. The molecule has 4 rings (SSSR count). The molecule has 1 aromatic carbocycles. The third-order valence-corrected chi connectivity index (χ3v) is 10.0. The molecule has 166 valence electrons. The van der Waals surface area contributed by atoms with E-state index in [-0.39, 0.29) is 40.7 Å². The van der Waals surface area contributed by atoms with Crippen LogP contribution in [0.5, 0.6) is 0 Å². The molecule has 1 aliphatic rings. The van der Waals surface area contributed by atoms with Crippen LogP contribution in [0.1, 0.15) is 22.5 Å². The average molecular weight is 530 g/mol. The number of amides is 1. The molecule has 1 saturated carbocycles. The third-order valence-electron chi connectivity index (χ3n) is 4.49. The van der Waals surface area contributed by atoms with Crippen molar-refractivity contribution in [1.82, 2.24) is 4.98 Å². The molecule has 0 aliphatic heterocycles. The van der Waals surface area contributed by atoms with Gasteiger partial charge >= 0.3 is 0 Å². The van der Waals surface area contributed by atoms with E-state index >= 15 is 0 Å². The second kappa shape index (κ2) is 8.99. The first-order chi connectivity index (χ1) is 15.2. The highest BCUT2D eigenvalue weighted by molar-refractivity contribution is 8.01. The molecule has 1 fully saturated rings. The van der Waals surface area contributed by atoms with Gasteiger partial charge in [-0.25, -0.2) is 8.42 Å². The molecule has 0 saturated heterocycles. The number of thiophene rings is 1. The average Bonchev–Trinajstić information content (AvgIpc) is 3.51. The van der Waals surface area contributed by atoms with Gasteiger partial charge in [0.15, 0.2) is 9.84 Å². The number of aromatic nitrogens is 1. The van der Waals surface area contributed by atoms with E-state index in [1.807, 2.05) is 0 Å². The molecule has 1 amide bonds. The van der Waals surface area contributed by atoms with Gasteiger partial charge in [0.05, 0.1) is 30.0 Å². The highest BCUT2D eigenvalue weighted by atomic mass is 35.5. The van der Waals surface area contributed by atoms with Gasteiger partial charge in [0.2, 0.25) is 0 Å². The lowest BCUT2D eigenvalue weighted by atomic mass is 10.3. The normalized spacial score (nSPS) is 13.7. The maximum atomic E-state index is 12.8. The van der Waals surface area contributed by atoms with Crippen LogP contribution in [0.3, 0.4) is 0 Å². The summed E-state index contributed by atoms with van der Waals surface area (Å²) in [7, 11) is -3.42. The standard InChI is InChI=1S/C19H13Cl2N3O5S3/c20-13-8-22-9-14(21)17(13)31-19-15(24(26)27)7-16(30-19)18(25)23-10-2-1-3-12(6-10)32(28,29)11-4-5-11/h1-3,6-9,11H,4-5H2,(H,23,25). The van der Waals surface area contributed by atoms with E-state index in [1.54, 1.807) is 6.07 Å². The van der Waals surface area contributed by atoms with Crippen molar-refractivity contribution in [3.8, 4) is 0 Å². The van der Waals surface area contributed by atoms with Crippen LogP contribution in [-0.2, 0) is 9.84 Å². The van der Waals surface area contributed by atoms with E-state index in [4.69, 9.17) is 23.2 Å². The lowest BCUT2D eigenvalue weighted by molar-refractivity contribution is -0.387. The van der Waals surface area contributed by atoms with Gasteiger partial charge in [-0.3, -0.25) is 19.9 Å². The second-order valence-corrected chi connectivity index (χ2v) is 12.2. The van der Waals surface area contributed by atoms with Crippen molar-refractivity contribution in [3.63, 3.8) is 0 Å². The number of nitrogens with one attached hydrogen (secondary N) is 1. The number of benzene rings is 1. The van der Waals surface area contributed by atoms with Crippen LogP contribution in [0.15, 0.2) is 56.7 Å². The predicted octanol–water partition coefficient (Wildman–Crippen LogP) is 5.70. The van der Waals surface area contributed by atoms with Gasteiger partial charge in [-0.2, -0.15) is 0 Å². The van der Waals surface area contributed by atoms with Crippen molar-refractivity contribution in [1.29, 1.82) is 0 Å². The van der Waals surface area contributed by atoms with E-state index in [0.29, 0.717) is 17.7 Å². The topological polar surface area (TPSA) is 119 Å². The Hall–Kier alpha value is -2.18. The minimum Gasteiger partial charge on any atom is -0.321 e. The fourth-order valence-electron chi connectivity index (χ4n) is 2.78. The zero-order valence-electron chi connectivity index (χ0n) is 15.9. The van der Waals surface area contributed by atoms with Crippen molar-refractivity contribution < 1.29 is 18.1 Å². The van der Waals surface area contributed by atoms with Gasteiger partial charge in [0.25, 0.3) is 11.6 Å². The highest BCUT2D eigenvalue weighted by Gasteiger charge is 2.37. The number of hydrogen-bond acceptors (Lipinski definition) is 8. The molecular weight excluding hydrogens is 517 g/mol. The van der Waals surface area contributed by atoms with Crippen LogP contribution < -0.4 is 5.32 Å². The van der Waals surface area contributed by atoms with Gasteiger partial charge in [-0.1, -0.05) is 41.0 Å². The van der Waals surface area contributed by atoms with Gasteiger partial charge in [-0.15, -0.1) is 11.3 Å². The minimum atomic E-state index is -3.42. The summed E-state index contributed by atoms with van der Waals surface area (Å²) < 4.78 is 25.1. The van der Waals surface area contributed by atoms with Crippen molar-refractivity contribution in [2.45, 2.75) is 32.1 Å². The van der Waals surface area contributed by atoms with Crippen molar-refractivity contribution in [3.05, 3.63) is 67.8 Å². The molecule has 0 radical (unpaired) electrons. The Kier molecular flexibility index (Phi) is 6.46. The number of sulfone groups is 1. The fourth-order valence-corrected chi connectivity index (χ4v) is 7.24. The number of hydrogen-bond donors (Lipinski definition) is 1. The molecule has 1 N–H and O–H groups in total. The smallest absolute Gasteiger partial charge is 0.294 e. The zero-order valence-corrected chi connectivity index (χ0v) is 19.9. The number of rotatable bonds is 7. The maximum Gasteiger partial charge on any atom is 0.294 e. The van der Waals surface area contributed by atoms with E-state index in [2.05, 4.69) is 10.3 Å². The largest absolute Gasteiger partial charge is 0.321 e. The first kappa shape index (κ1) is 23.0. The van der Waals surface area contributed by atoms with E-state index in [0.717, 1.165) is 29.2 Å². The van der Waals surface area contributed by atoms with Crippen molar-refractivity contribution in [2.24, 2.45) is 0 Å². The van der Waals surface area contributed by atoms with Gasteiger partial charge in [-0.05, 0) is 31.0 Å². The third kappa shape index (κ3) is 4.76. The molecule has 0 spiro atoms. The van der Waals surface area contributed by atoms with E-state index in [1.165, 1.54) is 30.6 Å². The van der Waals surface area contributed by atoms with Crippen LogP contribution in [0.2, 0.25) is 10.0 Å². The number of halogens is 2. The van der Waals surface area contributed by atoms with Gasteiger partial charge < -0.3 is 5.32 Å². The van der Waals surface area contributed by atoms with Crippen LogP contribution in [0.4, 0.5) is 11.4 Å². The number of nitro groups is 1. The lowest BCUT2D eigenvalue weighted by Crippen LogP contribution is -2.12. The Balaban J connectivity index is 1.60. The highest BCUT2D eigenvalue weighted by Crippen LogP contribution is 2.45.